The Morgan fingerprint density at radius 1 is 1.31 bits per heavy atom. The minimum atomic E-state index is -0.665. The van der Waals surface area contributed by atoms with Crippen molar-refractivity contribution < 1.29 is 14.0 Å². The highest BCUT2D eigenvalue weighted by molar-refractivity contribution is 6.30. The van der Waals surface area contributed by atoms with E-state index in [4.69, 9.17) is 11.6 Å². The van der Waals surface area contributed by atoms with Crippen molar-refractivity contribution in [3.05, 3.63) is 34.6 Å². The topological polar surface area (TPSA) is 34.1 Å². The number of benzene rings is 1. The van der Waals surface area contributed by atoms with Crippen LogP contribution in [-0.2, 0) is 16.0 Å². The van der Waals surface area contributed by atoms with E-state index in [0.29, 0.717) is 5.56 Å². The van der Waals surface area contributed by atoms with Crippen LogP contribution in [0.2, 0.25) is 5.02 Å². The van der Waals surface area contributed by atoms with Gasteiger partial charge in [0.15, 0.2) is 0 Å². The van der Waals surface area contributed by atoms with E-state index in [1.807, 2.05) is 0 Å². The van der Waals surface area contributed by atoms with Crippen LogP contribution in [0.3, 0.4) is 0 Å². The van der Waals surface area contributed by atoms with Crippen molar-refractivity contribution in [2.75, 3.05) is 0 Å². The Kier molecular flexibility index (Phi) is 4.19. The second kappa shape index (κ2) is 5.21. The number of rotatable bonds is 4. The van der Waals surface area contributed by atoms with Crippen molar-refractivity contribution in [1.29, 1.82) is 0 Å². The first kappa shape index (κ1) is 12.8. The maximum Gasteiger partial charge on any atom is 0.141 e. The summed E-state index contributed by atoms with van der Waals surface area (Å²) in [4.78, 5) is 22.4. The van der Waals surface area contributed by atoms with Crippen molar-refractivity contribution in [2.24, 2.45) is 5.92 Å². The molecule has 0 aliphatic rings. The lowest BCUT2D eigenvalue weighted by molar-refractivity contribution is -0.130. The third kappa shape index (κ3) is 3.14. The highest BCUT2D eigenvalue weighted by atomic mass is 35.5. The molecule has 1 aromatic carbocycles. The first-order chi connectivity index (χ1) is 7.41. The molecule has 2 nitrogen and oxygen atoms in total. The zero-order valence-electron chi connectivity index (χ0n) is 9.09. The summed E-state index contributed by atoms with van der Waals surface area (Å²) in [6.45, 7) is 2.74. The van der Waals surface area contributed by atoms with Crippen LogP contribution in [0.5, 0.6) is 0 Å². The molecular weight excluding hydrogens is 231 g/mol. The normalized spacial score (nSPS) is 10.6. The molecule has 0 aliphatic carbocycles. The smallest absolute Gasteiger partial charge is 0.141 e. The molecule has 0 aromatic heterocycles. The number of hydrogen-bond acceptors (Lipinski definition) is 2. The summed E-state index contributed by atoms with van der Waals surface area (Å²) in [5, 5.41) is 0.00311. The monoisotopic (exact) mass is 242 g/mol. The van der Waals surface area contributed by atoms with E-state index >= 15 is 0 Å². The molecule has 86 valence electrons. The molecule has 0 saturated carbocycles. The Balaban J connectivity index is 2.90. The molecule has 1 aromatic rings. The maximum absolute atomic E-state index is 12.9. The number of hydrogen-bond donors (Lipinski definition) is 0. The fourth-order valence-electron chi connectivity index (χ4n) is 1.48. The van der Waals surface area contributed by atoms with Gasteiger partial charge >= 0.3 is 0 Å². The molecular formula is C12H12ClFO2. The molecule has 0 radical (unpaired) electrons. The average molecular weight is 243 g/mol. The predicted molar refractivity (Wildman–Crippen MR) is 60.0 cm³/mol. The molecule has 0 aliphatic heterocycles. The van der Waals surface area contributed by atoms with Gasteiger partial charge in [-0.3, -0.25) is 9.59 Å². The van der Waals surface area contributed by atoms with Crippen molar-refractivity contribution in [3.63, 3.8) is 0 Å². The van der Waals surface area contributed by atoms with Crippen molar-refractivity contribution in [2.45, 2.75) is 20.3 Å². The lowest BCUT2D eigenvalue weighted by atomic mass is 9.93. The molecule has 0 unspecified atom stereocenters. The van der Waals surface area contributed by atoms with Crippen LogP contribution in [0.4, 0.5) is 4.39 Å². The largest absolute Gasteiger partial charge is 0.299 e. The van der Waals surface area contributed by atoms with Crippen molar-refractivity contribution in [3.8, 4) is 0 Å². The predicted octanol–water partition coefficient (Wildman–Crippen LogP) is 2.82. The molecule has 0 fully saturated rings. The van der Waals surface area contributed by atoms with Crippen LogP contribution < -0.4 is 0 Å². The summed E-state index contributed by atoms with van der Waals surface area (Å²) < 4.78 is 12.9. The number of Topliss-reactive ketones (excluding diaryl/α,β-unsaturated/α-hetero) is 2. The highest BCUT2D eigenvalue weighted by Gasteiger charge is 2.20. The Hall–Kier alpha value is -1.22. The Bertz CT molecular complexity index is 415. The molecule has 0 spiro atoms. The zero-order chi connectivity index (χ0) is 12.3. The van der Waals surface area contributed by atoms with Crippen LogP contribution in [0.1, 0.15) is 19.4 Å². The second-order valence-electron chi connectivity index (χ2n) is 3.73. The first-order valence-corrected chi connectivity index (χ1v) is 5.24. The SMILES string of the molecule is CC(=O)C(Cc1ccc(F)c(Cl)c1)C(C)=O. The fraction of sp³-hybridized carbons (Fsp3) is 0.333. The van der Waals surface area contributed by atoms with Gasteiger partial charge in [-0.05, 0) is 38.0 Å². The molecule has 0 atom stereocenters. The number of carbonyl (C=O) groups is 2. The van der Waals surface area contributed by atoms with Gasteiger partial charge in [0.2, 0.25) is 0 Å². The van der Waals surface area contributed by atoms with E-state index in [2.05, 4.69) is 0 Å². The zero-order valence-corrected chi connectivity index (χ0v) is 9.84. The lowest BCUT2D eigenvalue weighted by Crippen LogP contribution is -2.21. The third-order valence-electron chi connectivity index (χ3n) is 2.41. The summed E-state index contributed by atoms with van der Waals surface area (Å²) in [5.74, 6) is -1.55. The van der Waals surface area contributed by atoms with Gasteiger partial charge in [-0.1, -0.05) is 17.7 Å². The van der Waals surface area contributed by atoms with Crippen LogP contribution in [0, 0.1) is 11.7 Å². The van der Waals surface area contributed by atoms with Gasteiger partial charge in [-0.25, -0.2) is 4.39 Å². The Morgan fingerprint density at radius 3 is 2.31 bits per heavy atom. The van der Waals surface area contributed by atoms with Gasteiger partial charge in [0.1, 0.15) is 17.4 Å². The van der Waals surface area contributed by atoms with E-state index in [-0.39, 0.29) is 23.0 Å². The van der Waals surface area contributed by atoms with E-state index in [0.717, 1.165) is 0 Å². The molecule has 0 saturated heterocycles. The molecule has 0 N–H and O–H groups in total. The van der Waals surface area contributed by atoms with E-state index in [9.17, 15) is 14.0 Å². The van der Waals surface area contributed by atoms with Gasteiger partial charge in [-0.2, -0.15) is 0 Å². The quantitative estimate of drug-likeness (QED) is 0.761. The maximum atomic E-state index is 12.9. The Labute approximate surface area is 98.4 Å². The molecule has 0 heterocycles. The minimum Gasteiger partial charge on any atom is -0.299 e. The summed E-state index contributed by atoms with van der Waals surface area (Å²) in [5.41, 5.74) is 0.682. The van der Waals surface area contributed by atoms with Crippen molar-refractivity contribution in [1.82, 2.24) is 0 Å². The van der Waals surface area contributed by atoms with Gasteiger partial charge < -0.3 is 0 Å². The molecule has 1 rings (SSSR count). The number of ketones is 2. The molecule has 16 heavy (non-hydrogen) atoms. The summed E-state index contributed by atoms with van der Waals surface area (Å²) >= 11 is 5.61. The lowest BCUT2D eigenvalue weighted by Gasteiger charge is -2.10. The number of carbonyl (C=O) groups excluding carboxylic acids is 2. The van der Waals surface area contributed by atoms with E-state index in [1.54, 1.807) is 0 Å². The first-order valence-electron chi connectivity index (χ1n) is 4.86. The fourth-order valence-corrected chi connectivity index (χ4v) is 1.68. The van der Waals surface area contributed by atoms with Crippen LogP contribution in [0.15, 0.2) is 18.2 Å². The highest BCUT2D eigenvalue weighted by Crippen LogP contribution is 2.19. The number of halogens is 2. The molecule has 0 bridgehead atoms. The van der Waals surface area contributed by atoms with Gasteiger partial charge in [0, 0.05) is 0 Å². The molecule has 4 heteroatoms. The van der Waals surface area contributed by atoms with Crippen molar-refractivity contribution >= 4 is 23.2 Å². The van der Waals surface area contributed by atoms with E-state index in [1.165, 1.54) is 32.0 Å². The summed E-state index contributed by atoms with van der Waals surface area (Å²) in [6.07, 6.45) is 0.269. The van der Waals surface area contributed by atoms with Crippen LogP contribution >= 0.6 is 11.6 Å². The second-order valence-corrected chi connectivity index (χ2v) is 4.13. The van der Waals surface area contributed by atoms with Crippen LogP contribution in [0.25, 0.3) is 0 Å². The summed E-state index contributed by atoms with van der Waals surface area (Å²) in [6, 6.07) is 4.20. The Morgan fingerprint density at radius 2 is 1.88 bits per heavy atom. The average Bonchev–Trinajstić information content (AvgIpc) is 2.18. The van der Waals surface area contributed by atoms with Gasteiger partial charge in [0.25, 0.3) is 0 Å². The summed E-state index contributed by atoms with van der Waals surface area (Å²) in [7, 11) is 0. The molecule has 0 amide bonds. The van der Waals surface area contributed by atoms with Crippen LogP contribution in [-0.4, -0.2) is 11.6 Å². The third-order valence-corrected chi connectivity index (χ3v) is 2.69. The minimum absolute atomic E-state index is 0.00311. The van der Waals surface area contributed by atoms with Gasteiger partial charge in [0.05, 0.1) is 10.9 Å². The standard InChI is InChI=1S/C12H12ClFO2/c1-7(15)10(8(2)16)5-9-3-4-12(14)11(13)6-9/h3-4,6,10H,5H2,1-2H3. The van der Waals surface area contributed by atoms with Gasteiger partial charge in [-0.15, -0.1) is 0 Å². The van der Waals surface area contributed by atoms with E-state index < -0.39 is 11.7 Å².